The van der Waals surface area contributed by atoms with Crippen LogP contribution in [0, 0.1) is 11.7 Å². The molecule has 0 bridgehead atoms. The van der Waals surface area contributed by atoms with Gasteiger partial charge in [0.25, 0.3) is 0 Å². The van der Waals surface area contributed by atoms with Crippen LogP contribution in [-0.4, -0.2) is 34.4 Å². The number of ether oxygens (including phenoxy) is 2. The first-order valence-corrected chi connectivity index (χ1v) is 7.72. The summed E-state index contributed by atoms with van der Waals surface area (Å²) in [5.74, 6) is -2.59. The van der Waals surface area contributed by atoms with E-state index in [9.17, 15) is 17.6 Å². The van der Waals surface area contributed by atoms with Gasteiger partial charge in [0, 0.05) is 11.6 Å². The molecule has 112 valence electrons. The third-order valence-electron chi connectivity index (χ3n) is 2.74. The molecule has 0 aliphatic carbocycles. The summed E-state index contributed by atoms with van der Waals surface area (Å²) in [5.41, 5.74) is 0.0443. The van der Waals surface area contributed by atoms with Crippen molar-refractivity contribution < 1.29 is 27.1 Å². The van der Waals surface area contributed by atoms with Crippen LogP contribution in [0.2, 0.25) is 0 Å². The molecule has 0 aliphatic heterocycles. The van der Waals surface area contributed by atoms with Gasteiger partial charge >= 0.3 is 5.97 Å². The highest BCUT2D eigenvalue weighted by Crippen LogP contribution is 2.19. The van der Waals surface area contributed by atoms with Crippen LogP contribution in [0.25, 0.3) is 0 Å². The number of rotatable bonds is 6. The molecule has 0 heterocycles. The lowest BCUT2D eigenvalue weighted by Crippen LogP contribution is -2.23. The van der Waals surface area contributed by atoms with Crippen LogP contribution < -0.4 is 4.74 Å². The number of hydrogen-bond donors (Lipinski definition) is 0. The van der Waals surface area contributed by atoms with Crippen molar-refractivity contribution in [2.75, 3.05) is 20.0 Å². The van der Waals surface area contributed by atoms with Gasteiger partial charge in [0.2, 0.25) is 0 Å². The minimum Gasteiger partial charge on any atom is -0.497 e. The lowest BCUT2D eigenvalue weighted by Gasteiger charge is -2.11. The van der Waals surface area contributed by atoms with E-state index in [1.165, 1.54) is 33.3 Å². The molecule has 0 aliphatic rings. The van der Waals surface area contributed by atoms with E-state index >= 15 is 0 Å². The van der Waals surface area contributed by atoms with Crippen LogP contribution in [0.4, 0.5) is 4.39 Å². The van der Waals surface area contributed by atoms with Gasteiger partial charge in [-0.15, -0.1) is 0 Å². The normalized spacial score (nSPS) is 12.8. The van der Waals surface area contributed by atoms with Gasteiger partial charge in [-0.05, 0) is 6.07 Å². The van der Waals surface area contributed by atoms with Crippen molar-refractivity contribution in [3.63, 3.8) is 0 Å². The molecule has 0 radical (unpaired) electrons. The second-order valence-electron chi connectivity index (χ2n) is 4.44. The number of halogens is 1. The zero-order valence-corrected chi connectivity index (χ0v) is 12.4. The second-order valence-corrected chi connectivity index (χ2v) is 6.55. The molecule has 0 saturated carbocycles. The molecule has 7 heteroatoms. The number of benzene rings is 1. The van der Waals surface area contributed by atoms with Crippen LogP contribution in [0.3, 0.4) is 0 Å². The van der Waals surface area contributed by atoms with Crippen LogP contribution in [0.5, 0.6) is 5.75 Å². The Bertz CT molecular complexity index is 582. The van der Waals surface area contributed by atoms with E-state index in [2.05, 4.69) is 4.74 Å². The highest BCUT2D eigenvalue weighted by Gasteiger charge is 2.23. The zero-order valence-electron chi connectivity index (χ0n) is 11.6. The van der Waals surface area contributed by atoms with E-state index in [1.54, 1.807) is 0 Å². The van der Waals surface area contributed by atoms with E-state index < -0.39 is 33.3 Å². The maximum Gasteiger partial charge on any atom is 0.309 e. The van der Waals surface area contributed by atoms with E-state index in [-0.39, 0.29) is 11.3 Å². The van der Waals surface area contributed by atoms with Gasteiger partial charge in [-0.2, -0.15) is 0 Å². The third kappa shape index (κ3) is 4.48. The van der Waals surface area contributed by atoms with Crippen LogP contribution in [-0.2, 0) is 25.1 Å². The summed E-state index contributed by atoms with van der Waals surface area (Å²) >= 11 is 0. The summed E-state index contributed by atoms with van der Waals surface area (Å²) in [7, 11) is -1.03. The molecule has 20 heavy (non-hydrogen) atoms. The maximum atomic E-state index is 13.7. The molecule has 0 aromatic heterocycles. The first kappa shape index (κ1) is 16.4. The van der Waals surface area contributed by atoms with Crippen LogP contribution in [0.1, 0.15) is 12.5 Å². The monoisotopic (exact) mass is 304 g/mol. The molecule has 0 fully saturated rings. The van der Waals surface area contributed by atoms with Gasteiger partial charge in [0.05, 0.1) is 31.6 Å². The molecule has 0 amide bonds. The maximum absolute atomic E-state index is 13.7. The minimum absolute atomic E-state index is 0.0443. The van der Waals surface area contributed by atoms with Crippen molar-refractivity contribution >= 4 is 15.8 Å². The summed E-state index contributed by atoms with van der Waals surface area (Å²) in [6.45, 7) is 1.45. The summed E-state index contributed by atoms with van der Waals surface area (Å²) in [6.07, 6.45) is 0. The molecular weight excluding hydrogens is 287 g/mol. The van der Waals surface area contributed by atoms with Gasteiger partial charge in [-0.3, -0.25) is 4.79 Å². The Labute approximate surface area is 117 Å². The first-order valence-electron chi connectivity index (χ1n) is 5.89. The fourth-order valence-electron chi connectivity index (χ4n) is 1.72. The largest absolute Gasteiger partial charge is 0.497 e. The predicted octanol–water partition coefficient (Wildman–Crippen LogP) is 1.56. The predicted molar refractivity (Wildman–Crippen MR) is 71.6 cm³/mol. The number of hydrogen-bond acceptors (Lipinski definition) is 5. The fourth-order valence-corrected chi connectivity index (χ4v) is 3.44. The van der Waals surface area contributed by atoms with Gasteiger partial charge < -0.3 is 9.47 Å². The summed E-state index contributed by atoms with van der Waals surface area (Å²) in [6, 6.07) is 3.96. The standard InChI is InChI=1S/C13H17FO5S/c1-9(13(15)19-3)7-20(16,17)8-10-4-5-11(18-2)6-12(10)14/h4-6,9H,7-8H2,1-3H3. The Morgan fingerprint density at radius 1 is 1.35 bits per heavy atom. The molecule has 0 saturated heterocycles. The van der Waals surface area contributed by atoms with Crippen LogP contribution in [0.15, 0.2) is 18.2 Å². The van der Waals surface area contributed by atoms with Gasteiger partial charge in [-0.1, -0.05) is 13.0 Å². The molecular formula is C13H17FO5S. The Hall–Kier alpha value is -1.63. The smallest absolute Gasteiger partial charge is 0.309 e. The van der Waals surface area contributed by atoms with E-state index in [0.717, 1.165) is 6.07 Å². The molecule has 1 unspecified atom stereocenters. The number of esters is 1. The van der Waals surface area contributed by atoms with Gasteiger partial charge in [-0.25, -0.2) is 12.8 Å². The minimum atomic E-state index is -3.61. The van der Waals surface area contributed by atoms with E-state index in [4.69, 9.17) is 4.74 Å². The third-order valence-corrected chi connectivity index (χ3v) is 4.50. The Morgan fingerprint density at radius 3 is 2.50 bits per heavy atom. The van der Waals surface area contributed by atoms with Gasteiger partial charge in [0.15, 0.2) is 9.84 Å². The average molecular weight is 304 g/mol. The Balaban J connectivity index is 2.83. The molecule has 0 spiro atoms. The summed E-state index contributed by atoms with van der Waals surface area (Å²) in [4.78, 5) is 11.2. The number of carbonyl (C=O) groups is 1. The zero-order chi connectivity index (χ0) is 15.3. The lowest BCUT2D eigenvalue weighted by atomic mass is 10.2. The van der Waals surface area contributed by atoms with Crippen molar-refractivity contribution in [2.45, 2.75) is 12.7 Å². The van der Waals surface area contributed by atoms with Crippen molar-refractivity contribution in [1.29, 1.82) is 0 Å². The molecule has 1 atom stereocenters. The van der Waals surface area contributed by atoms with Crippen LogP contribution >= 0.6 is 0 Å². The second kappa shape index (κ2) is 6.69. The molecule has 0 N–H and O–H groups in total. The van der Waals surface area contributed by atoms with E-state index in [1.807, 2.05) is 0 Å². The SMILES string of the molecule is COC(=O)C(C)CS(=O)(=O)Cc1ccc(OC)cc1F. The molecule has 1 aromatic carbocycles. The quantitative estimate of drug-likeness (QED) is 0.746. The van der Waals surface area contributed by atoms with Gasteiger partial charge in [0.1, 0.15) is 11.6 Å². The van der Waals surface area contributed by atoms with Crippen molar-refractivity contribution in [1.82, 2.24) is 0 Å². The first-order chi connectivity index (χ1) is 9.29. The number of sulfone groups is 1. The number of carbonyl (C=O) groups excluding carboxylic acids is 1. The highest BCUT2D eigenvalue weighted by atomic mass is 32.2. The Morgan fingerprint density at radius 2 is 2.00 bits per heavy atom. The fraction of sp³-hybridized carbons (Fsp3) is 0.462. The highest BCUT2D eigenvalue weighted by molar-refractivity contribution is 7.90. The molecule has 1 rings (SSSR count). The summed E-state index contributed by atoms with van der Waals surface area (Å²) < 4.78 is 46.9. The molecule has 1 aromatic rings. The topological polar surface area (TPSA) is 69.7 Å². The van der Waals surface area contributed by atoms with Crippen molar-refractivity contribution in [2.24, 2.45) is 5.92 Å². The average Bonchev–Trinajstić information content (AvgIpc) is 2.39. The summed E-state index contributed by atoms with van der Waals surface area (Å²) in [5, 5.41) is 0. The lowest BCUT2D eigenvalue weighted by molar-refractivity contribution is -0.144. The van der Waals surface area contributed by atoms with Crippen molar-refractivity contribution in [3.8, 4) is 5.75 Å². The molecule has 5 nitrogen and oxygen atoms in total. The van der Waals surface area contributed by atoms with Crippen molar-refractivity contribution in [3.05, 3.63) is 29.6 Å². The number of methoxy groups -OCH3 is 2. The Kier molecular flexibility index (Phi) is 5.50. The van der Waals surface area contributed by atoms with E-state index in [0.29, 0.717) is 5.75 Å².